The van der Waals surface area contributed by atoms with E-state index in [0.717, 1.165) is 19.5 Å². The summed E-state index contributed by atoms with van der Waals surface area (Å²) in [6.45, 7) is 3.81. The lowest BCUT2D eigenvalue weighted by Crippen LogP contribution is -2.47. The highest BCUT2D eigenvalue weighted by atomic mass is 16.5. The van der Waals surface area contributed by atoms with Crippen molar-refractivity contribution in [2.24, 2.45) is 0 Å². The van der Waals surface area contributed by atoms with Gasteiger partial charge in [-0.2, -0.15) is 0 Å². The van der Waals surface area contributed by atoms with Crippen molar-refractivity contribution in [1.29, 1.82) is 0 Å². The van der Waals surface area contributed by atoms with Crippen molar-refractivity contribution in [3.8, 4) is 0 Å². The van der Waals surface area contributed by atoms with Crippen LogP contribution >= 0.6 is 0 Å². The first-order chi connectivity index (χ1) is 9.19. The van der Waals surface area contributed by atoms with Crippen LogP contribution in [-0.4, -0.2) is 41.5 Å². The van der Waals surface area contributed by atoms with Crippen LogP contribution in [0.3, 0.4) is 0 Å². The molecule has 2 unspecified atom stereocenters. The fraction of sp³-hybridized carbons (Fsp3) is 0.938. The second kappa shape index (κ2) is 5.53. The van der Waals surface area contributed by atoms with Gasteiger partial charge in [-0.1, -0.05) is 19.3 Å². The molecule has 2 aliphatic heterocycles. The molecule has 0 bridgehead atoms. The number of ketones is 1. The fourth-order valence-corrected chi connectivity index (χ4v) is 4.34. The molecule has 0 aromatic carbocycles. The highest BCUT2D eigenvalue weighted by molar-refractivity contribution is 5.81. The normalized spacial score (nSPS) is 35.0. The van der Waals surface area contributed by atoms with E-state index >= 15 is 0 Å². The average molecular weight is 265 g/mol. The Labute approximate surface area is 116 Å². The summed E-state index contributed by atoms with van der Waals surface area (Å²) in [6.07, 6.45) is 11.5. The number of hydrogen-bond acceptors (Lipinski definition) is 3. The van der Waals surface area contributed by atoms with Crippen molar-refractivity contribution < 1.29 is 9.53 Å². The molecular weight excluding hydrogens is 238 g/mol. The third kappa shape index (κ3) is 2.87. The Hall–Kier alpha value is -0.410. The minimum Gasteiger partial charge on any atom is -0.370 e. The number of rotatable bonds is 3. The van der Waals surface area contributed by atoms with E-state index in [-0.39, 0.29) is 11.6 Å². The molecule has 2 heterocycles. The molecule has 0 amide bonds. The number of piperidine rings is 1. The molecule has 0 radical (unpaired) electrons. The lowest BCUT2D eigenvalue weighted by molar-refractivity contribution is -0.124. The van der Waals surface area contributed by atoms with Crippen molar-refractivity contribution in [3.63, 3.8) is 0 Å². The Morgan fingerprint density at radius 1 is 1.16 bits per heavy atom. The standard InChI is InChI=1S/C16H27NO2/c1-13(18)15-6-2-5-11-17(15)12-14-7-10-16(19-14)8-3-4-9-16/h14-15H,2-12H2,1H3. The molecule has 0 aromatic heterocycles. The van der Waals surface area contributed by atoms with Gasteiger partial charge in [-0.3, -0.25) is 9.69 Å². The van der Waals surface area contributed by atoms with E-state index in [1.807, 2.05) is 0 Å². The number of hydrogen-bond donors (Lipinski definition) is 0. The first-order valence-corrected chi connectivity index (χ1v) is 8.11. The molecule has 0 aromatic rings. The molecule has 3 rings (SSSR count). The predicted octanol–water partition coefficient (Wildman–Crippen LogP) is 2.92. The quantitative estimate of drug-likeness (QED) is 0.786. The van der Waals surface area contributed by atoms with Gasteiger partial charge in [0.25, 0.3) is 0 Å². The van der Waals surface area contributed by atoms with Gasteiger partial charge < -0.3 is 4.74 Å². The Morgan fingerprint density at radius 2 is 1.95 bits per heavy atom. The van der Waals surface area contributed by atoms with E-state index in [0.29, 0.717) is 11.9 Å². The van der Waals surface area contributed by atoms with Crippen molar-refractivity contribution in [2.45, 2.75) is 82.5 Å². The SMILES string of the molecule is CC(=O)C1CCCCN1CC1CCC2(CCCC2)O1. The Balaban J connectivity index is 1.57. The molecule has 0 N–H and O–H groups in total. The van der Waals surface area contributed by atoms with Crippen LogP contribution in [0.4, 0.5) is 0 Å². The summed E-state index contributed by atoms with van der Waals surface area (Å²) in [6, 6.07) is 0.164. The molecule has 3 aliphatic rings. The maximum Gasteiger partial charge on any atom is 0.146 e. The van der Waals surface area contributed by atoms with Crippen molar-refractivity contribution in [1.82, 2.24) is 4.90 Å². The lowest BCUT2D eigenvalue weighted by atomic mass is 9.97. The number of carbonyl (C=O) groups is 1. The van der Waals surface area contributed by atoms with E-state index in [9.17, 15) is 4.79 Å². The van der Waals surface area contributed by atoms with Crippen LogP contribution in [0.1, 0.15) is 64.7 Å². The van der Waals surface area contributed by atoms with Crippen LogP contribution < -0.4 is 0 Å². The molecule has 3 heteroatoms. The average Bonchev–Trinajstić information content (AvgIpc) is 3.01. The van der Waals surface area contributed by atoms with Gasteiger partial charge >= 0.3 is 0 Å². The van der Waals surface area contributed by atoms with E-state index in [1.165, 1.54) is 51.4 Å². The number of nitrogens with zero attached hydrogens (tertiary/aromatic N) is 1. The molecule has 3 fully saturated rings. The van der Waals surface area contributed by atoms with Crippen molar-refractivity contribution in [3.05, 3.63) is 0 Å². The van der Waals surface area contributed by atoms with Gasteiger partial charge in [-0.05, 0) is 52.0 Å². The van der Waals surface area contributed by atoms with Crippen LogP contribution in [0.5, 0.6) is 0 Å². The molecule has 1 aliphatic carbocycles. The van der Waals surface area contributed by atoms with E-state index in [2.05, 4.69) is 4.90 Å². The zero-order valence-corrected chi connectivity index (χ0v) is 12.2. The van der Waals surface area contributed by atoms with Gasteiger partial charge in [0.1, 0.15) is 5.78 Å². The van der Waals surface area contributed by atoms with Gasteiger partial charge in [0.15, 0.2) is 0 Å². The van der Waals surface area contributed by atoms with Gasteiger partial charge in [-0.15, -0.1) is 0 Å². The van der Waals surface area contributed by atoms with Crippen LogP contribution in [0, 0.1) is 0 Å². The number of likely N-dealkylation sites (tertiary alicyclic amines) is 1. The number of ether oxygens (including phenoxy) is 1. The first-order valence-electron chi connectivity index (χ1n) is 8.11. The highest BCUT2D eigenvalue weighted by Crippen LogP contribution is 2.43. The third-order valence-corrected chi connectivity index (χ3v) is 5.37. The second-order valence-corrected chi connectivity index (χ2v) is 6.79. The summed E-state index contributed by atoms with van der Waals surface area (Å²) in [5, 5.41) is 0. The van der Waals surface area contributed by atoms with Crippen molar-refractivity contribution >= 4 is 5.78 Å². The smallest absolute Gasteiger partial charge is 0.146 e. The van der Waals surface area contributed by atoms with Crippen molar-refractivity contribution in [2.75, 3.05) is 13.1 Å². The van der Waals surface area contributed by atoms with Crippen LogP contribution in [0.2, 0.25) is 0 Å². The molecular formula is C16H27NO2. The third-order valence-electron chi connectivity index (χ3n) is 5.37. The number of Topliss-reactive ketones (excluding diaryl/α,β-unsaturated/α-hetero) is 1. The number of carbonyl (C=O) groups excluding carboxylic acids is 1. The zero-order chi connectivity index (χ0) is 13.3. The Kier molecular flexibility index (Phi) is 3.95. The van der Waals surface area contributed by atoms with Gasteiger partial charge in [0.05, 0.1) is 17.7 Å². The minimum atomic E-state index is 0.164. The maximum absolute atomic E-state index is 11.8. The molecule has 2 atom stereocenters. The molecule has 1 spiro atoms. The van der Waals surface area contributed by atoms with Gasteiger partial charge in [0, 0.05) is 6.54 Å². The lowest BCUT2D eigenvalue weighted by Gasteiger charge is -2.36. The predicted molar refractivity (Wildman–Crippen MR) is 75.2 cm³/mol. The second-order valence-electron chi connectivity index (χ2n) is 6.79. The highest BCUT2D eigenvalue weighted by Gasteiger charge is 2.43. The summed E-state index contributed by atoms with van der Waals surface area (Å²) in [5.74, 6) is 0.341. The van der Waals surface area contributed by atoms with E-state index in [4.69, 9.17) is 4.74 Å². The zero-order valence-electron chi connectivity index (χ0n) is 12.2. The first kappa shape index (κ1) is 13.6. The topological polar surface area (TPSA) is 29.5 Å². The minimum absolute atomic E-state index is 0.164. The molecule has 108 valence electrons. The molecule has 3 nitrogen and oxygen atoms in total. The monoisotopic (exact) mass is 265 g/mol. The summed E-state index contributed by atoms with van der Waals surface area (Å²) in [4.78, 5) is 14.1. The molecule has 19 heavy (non-hydrogen) atoms. The summed E-state index contributed by atoms with van der Waals surface area (Å²) < 4.78 is 6.39. The maximum atomic E-state index is 11.8. The summed E-state index contributed by atoms with van der Waals surface area (Å²) >= 11 is 0. The summed E-state index contributed by atoms with van der Waals surface area (Å²) in [5.41, 5.74) is 0.228. The molecule has 2 saturated heterocycles. The largest absolute Gasteiger partial charge is 0.370 e. The Morgan fingerprint density at radius 3 is 2.68 bits per heavy atom. The van der Waals surface area contributed by atoms with E-state index < -0.39 is 0 Å². The van der Waals surface area contributed by atoms with Crippen LogP contribution in [0.15, 0.2) is 0 Å². The Bertz CT molecular complexity index is 336. The summed E-state index contributed by atoms with van der Waals surface area (Å²) in [7, 11) is 0. The van der Waals surface area contributed by atoms with Crippen LogP contribution in [0.25, 0.3) is 0 Å². The van der Waals surface area contributed by atoms with E-state index in [1.54, 1.807) is 6.92 Å². The molecule has 1 saturated carbocycles. The van der Waals surface area contributed by atoms with Crippen LogP contribution in [-0.2, 0) is 9.53 Å². The fourth-order valence-electron chi connectivity index (χ4n) is 4.34. The van der Waals surface area contributed by atoms with Gasteiger partial charge in [0.2, 0.25) is 0 Å². The van der Waals surface area contributed by atoms with Gasteiger partial charge in [-0.25, -0.2) is 0 Å².